The standard InChI is InChI=1S/C14H19NO3/c1-15(9-10-4-3-5-10)14(17)12-7-6-11(18-2)8-13(12)16/h6-8,10,16H,3-5,9H2,1-2H3. The van der Waals surface area contributed by atoms with Crippen LogP contribution in [0.4, 0.5) is 0 Å². The molecule has 1 N–H and O–H groups in total. The van der Waals surface area contributed by atoms with Crippen molar-refractivity contribution in [3.8, 4) is 11.5 Å². The van der Waals surface area contributed by atoms with Gasteiger partial charge in [0, 0.05) is 19.7 Å². The predicted octanol–water partition coefficient (Wildman–Crippen LogP) is 2.27. The van der Waals surface area contributed by atoms with Crippen LogP contribution >= 0.6 is 0 Å². The molecule has 4 nitrogen and oxygen atoms in total. The maximum Gasteiger partial charge on any atom is 0.257 e. The number of methoxy groups -OCH3 is 1. The fourth-order valence-electron chi connectivity index (χ4n) is 2.17. The first kappa shape index (κ1) is 12.7. The van der Waals surface area contributed by atoms with Gasteiger partial charge in [0.25, 0.3) is 5.91 Å². The van der Waals surface area contributed by atoms with Crippen molar-refractivity contribution >= 4 is 5.91 Å². The number of carbonyl (C=O) groups excluding carboxylic acids is 1. The number of nitrogens with zero attached hydrogens (tertiary/aromatic N) is 1. The number of phenolic OH excluding ortho intramolecular Hbond substituents is 1. The number of aromatic hydroxyl groups is 1. The van der Waals surface area contributed by atoms with Crippen LogP contribution in [0, 0.1) is 5.92 Å². The van der Waals surface area contributed by atoms with Gasteiger partial charge in [0.05, 0.1) is 12.7 Å². The lowest BCUT2D eigenvalue weighted by Gasteiger charge is -2.30. The van der Waals surface area contributed by atoms with Crippen molar-refractivity contribution in [3.05, 3.63) is 23.8 Å². The molecule has 0 saturated heterocycles. The zero-order chi connectivity index (χ0) is 13.1. The Labute approximate surface area is 107 Å². The monoisotopic (exact) mass is 249 g/mol. The molecule has 0 heterocycles. The highest BCUT2D eigenvalue weighted by Crippen LogP contribution is 2.28. The van der Waals surface area contributed by atoms with Gasteiger partial charge in [-0.25, -0.2) is 0 Å². The Morgan fingerprint density at radius 3 is 2.72 bits per heavy atom. The minimum Gasteiger partial charge on any atom is -0.507 e. The first-order valence-corrected chi connectivity index (χ1v) is 6.24. The maximum atomic E-state index is 12.2. The summed E-state index contributed by atoms with van der Waals surface area (Å²) in [6.07, 6.45) is 3.67. The Morgan fingerprint density at radius 1 is 1.50 bits per heavy atom. The fraction of sp³-hybridized carbons (Fsp3) is 0.500. The van der Waals surface area contributed by atoms with E-state index in [1.165, 1.54) is 32.4 Å². The second kappa shape index (κ2) is 5.29. The van der Waals surface area contributed by atoms with Gasteiger partial charge in [-0.1, -0.05) is 6.42 Å². The van der Waals surface area contributed by atoms with Gasteiger partial charge in [-0.15, -0.1) is 0 Å². The number of benzene rings is 1. The molecule has 0 unspecified atom stereocenters. The molecule has 1 amide bonds. The highest BCUT2D eigenvalue weighted by molar-refractivity contribution is 5.96. The molecule has 0 spiro atoms. The van der Waals surface area contributed by atoms with Crippen molar-refractivity contribution in [2.24, 2.45) is 5.92 Å². The van der Waals surface area contributed by atoms with Crippen LogP contribution in [0.5, 0.6) is 11.5 Å². The van der Waals surface area contributed by atoms with Gasteiger partial charge in [-0.3, -0.25) is 4.79 Å². The molecular formula is C14H19NO3. The molecule has 0 aromatic heterocycles. The van der Waals surface area contributed by atoms with Crippen LogP contribution in [-0.4, -0.2) is 36.6 Å². The predicted molar refractivity (Wildman–Crippen MR) is 69.0 cm³/mol. The van der Waals surface area contributed by atoms with Gasteiger partial charge in [-0.2, -0.15) is 0 Å². The third-order valence-corrected chi connectivity index (χ3v) is 3.54. The maximum absolute atomic E-state index is 12.2. The number of rotatable bonds is 4. The Hall–Kier alpha value is -1.71. The summed E-state index contributed by atoms with van der Waals surface area (Å²) in [4.78, 5) is 13.9. The van der Waals surface area contributed by atoms with Crippen LogP contribution in [0.2, 0.25) is 0 Å². The van der Waals surface area contributed by atoms with Crippen LogP contribution in [0.3, 0.4) is 0 Å². The fourth-order valence-corrected chi connectivity index (χ4v) is 2.17. The first-order chi connectivity index (χ1) is 8.61. The van der Waals surface area contributed by atoms with E-state index in [-0.39, 0.29) is 11.7 Å². The van der Waals surface area contributed by atoms with Crippen LogP contribution in [0.15, 0.2) is 18.2 Å². The number of amides is 1. The lowest BCUT2D eigenvalue weighted by molar-refractivity contribution is 0.0742. The average molecular weight is 249 g/mol. The van der Waals surface area contributed by atoms with Gasteiger partial charge < -0.3 is 14.7 Å². The smallest absolute Gasteiger partial charge is 0.257 e. The van der Waals surface area contributed by atoms with E-state index in [2.05, 4.69) is 0 Å². The first-order valence-electron chi connectivity index (χ1n) is 6.24. The topological polar surface area (TPSA) is 49.8 Å². The molecular weight excluding hydrogens is 230 g/mol. The van der Waals surface area contributed by atoms with Gasteiger partial charge in [0.2, 0.25) is 0 Å². The molecule has 1 aliphatic rings. The summed E-state index contributed by atoms with van der Waals surface area (Å²) in [6, 6.07) is 4.75. The van der Waals surface area contributed by atoms with Gasteiger partial charge in [-0.05, 0) is 30.9 Å². The van der Waals surface area contributed by atoms with Crippen LogP contribution < -0.4 is 4.74 Å². The molecule has 0 atom stereocenters. The zero-order valence-electron chi connectivity index (χ0n) is 10.8. The third kappa shape index (κ3) is 2.58. The largest absolute Gasteiger partial charge is 0.507 e. The summed E-state index contributed by atoms with van der Waals surface area (Å²) >= 11 is 0. The average Bonchev–Trinajstić information content (AvgIpc) is 2.32. The summed E-state index contributed by atoms with van der Waals surface area (Å²) in [7, 11) is 3.31. The number of hydrogen-bond donors (Lipinski definition) is 1. The highest BCUT2D eigenvalue weighted by Gasteiger charge is 2.23. The minimum absolute atomic E-state index is 0.0280. The molecule has 1 saturated carbocycles. The van der Waals surface area contributed by atoms with E-state index < -0.39 is 0 Å². The van der Waals surface area contributed by atoms with Crippen LogP contribution in [0.1, 0.15) is 29.6 Å². The van der Waals surface area contributed by atoms with E-state index in [4.69, 9.17) is 4.74 Å². The van der Waals surface area contributed by atoms with Gasteiger partial charge in [0.15, 0.2) is 0 Å². The Kier molecular flexibility index (Phi) is 3.75. The van der Waals surface area contributed by atoms with E-state index in [0.717, 1.165) is 6.54 Å². The van der Waals surface area contributed by atoms with E-state index >= 15 is 0 Å². The lowest BCUT2D eigenvalue weighted by atomic mass is 9.85. The van der Waals surface area contributed by atoms with E-state index in [1.54, 1.807) is 24.1 Å². The van der Waals surface area contributed by atoms with Crippen molar-refractivity contribution < 1.29 is 14.6 Å². The van der Waals surface area contributed by atoms with Crippen molar-refractivity contribution in [1.29, 1.82) is 0 Å². The SMILES string of the molecule is COc1ccc(C(=O)N(C)CC2CCC2)c(O)c1. The molecule has 2 rings (SSSR count). The highest BCUT2D eigenvalue weighted by atomic mass is 16.5. The molecule has 18 heavy (non-hydrogen) atoms. The third-order valence-electron chi connectivity index (χ3n) is 3.54. The Balaban J connectivity index is 2.07. The molecule has 4 heteroatoms. The summed E-state index contributed by atoms with van der Waals surface area (Å²) in [5.41, 5.74) is 0.331. The number of hydrogen-bond acceptors (Lipinski definition) is 3. The van der Waals surface area contributed by atoms with Gasteiger partial charge >= 0.3 is 0 Å². The number of ether oxygens (including phenoxy) is 1. The molecule has 98 valence electrons. The molecule has 0 bridgehead atoms. The summed E-state index contributed by atoms with van der Waals surface area (Å²) in [5, 5.41) is 9.82. The Bertz CT molecular complexity index is 441. The van der Waals surface area contributed by atoms with E-state index in [0.29, 0.717) is 17.2 Å². The summed E-state index contributed by atoms with van der Waals surface area (Å²) in [6.45, 7) is 0.768. The quantitative estimate of drug-likeness (QED) is 0.890. The minimum atomic E-state index is -0.137. The van der Waals surface area contributed by atoms with Crippen molar-refractivity contribution in [1.82, 2.24) is 4.90 Å². The molecule has 1 fully saturated rings. The Morgan fingerprint density at radius 2 is 2.22 bits per heavy atom. The molecule has 0 radical (unpaired) electrons. The summed E-state index contributed by atoms with van der Waals surface area (Å²) in [5.74, 6) is 1.01. The van der Waals surface area contributed by atoms with Crippen LogP contribution in [-0.2, 0) is 0 Å². The van der Waals surface area contributed by atoms with Crippen molar-refractivity contribution in [2.45, 2.75) is 19.3 Å². The van der Waals surface area contributed by atoms with Crippen molar-refractivity contribution in [3.63, 3.8) is 0 Å². The summed E-state index contributed by atoms with van der Waals surface area (Å²) < 4.78 is 5.00. The lowest BCUT2D eigenvalue weighted by Crippen LogP contribution is -2.34. The number of phenols is 1. The molecule has 1 aliphatic carbocycles. The number of carbonyl (C=O) groups is 1. The molecule has 1 aromatic rings. The van der Waals surface area contributed by atoms with E-state index in [1.807, 2.05) is 0 Å². The normalized spacial score (nSPS) is 15.0. The second-order valence-corrected chi connectivity index (χ2v) is 4.87. The van der Waals surface area contributed by atoms with E-state index in [9.17, 15) is 9.90 Å². The zero-order valence-corrected chi connectivity index (χ0v) is 10.8. The molecule has 0 aliphatic heterocycles. The van der Waals surface area contributed by atoms with Crippen molar-refractivity contribution in [2.75, 3.05) is 20.7 Å². The molecule has 1 aromatic carbocycles. The second-order valence-electron chi connectivity index (χ2n) is 4.87. The van der Waals surface area contributed by atoms with Crippen LogP contribution in [0.25, 0.3) is 0 Å². The van der Waals surface area contributed by atoms with Gasteiger partial charge in [0.1, 0.15) is 11.5 Å².